The second kappa shape index (κ2) is 28.4. The number of benzene rings is 3. The van der Waals surface area contributed by atoms with Crippen molar-refractivity contribution in [3.63, 3.8) is 0 Å². The summed E-state index contributed by atoms with van der Waals surface area (Å²) in [5.74, 6) is 1.07. The van der Waals surface area contributed by atoms with Crippen LogP contribution < -0.4 is 33.6 Å². The van der Waals surface area contributed by atoms with Gasteiger partial charge in [-0.2, -0.15) is 15.8 Å². The van der Waals surface area contributed by atoms with Crippen molar-refractivity contribution < 1.29 is 0 Å². The van der Waals surface area contributed by atoms with E-state index in [0.717, 1.165) is 83.6 Å². The van der Waals surface area contributed by atoms with Crippen LogP contribution in [0.15, 0.2) is 165 Å². The van der Waals surface area contributed by atoms with Crippen molar-refractivity contribution in [3.05, 3.63) is 219 Å². The molecular formula is C63H49Cl4N21. The third-order valence-electron chi connectivity index (χ3n) is 13.2. The number of nitrogen functional groups attached to an aromatic ring is 3. The Morgan fingerprint density at radius 2 is 0.750 bits per heavy atom. The lowest BCUT2D eigenvalue weighted by molar-refractivity contribution is 0.788. The monoisotopic (exact) mass is 1240 g/mol. The minimum atomic E-state index is -0.295. The maximum Gasteiger partial charge on any atom is 0.152 e. The molecule has 12 rings (SSSR count). The van der Waals surface area contributed by atoms with E-state index >= 15 is 0 Å². The smallest absolute Gasteiger partial charge is 0.152 e. The Morgan fingerprint density at radius 1 is 0.409 bits per heavy atom. The number of nitrogens with two attached hydrogens (primary N) is 4. The number of nitriles is 3. The summed E-state index contributed by atoms with van der Waals surface area (Å²) in [7, 11) is 0. The van der Waals surface area contributed by atoms with Gasteiger partial charge in [-0.25, -0.2) is 39.9 Å². The molecule has 0 saturated carbocycles. The van der Waals surface area contributed by atoms with Gasteiger partial charge >= 0.3 is 0 Å². The summed E-state index contributed by atoms with van der Waals surface area (Å²) in [6.07, 6.45) is 9.06. The molecule has 0 radical (unpaired) electrons. The molecule has 3 atom stereocenters. The molecule has 9 heterocycles. The molecule has 0 amide bonds. The molecule has 0 bridgehead atoms. The lowest BCUT2D eigenvalue weighted by Gasteiger charge is -2.19. The van der Waals surface area contributed by atoms with Gasteiger partial charge in [0.25, 0.3) is 0 Å². The first-order chi connectivity index (χ1) is 42.6. The Morgan fingerprint density at radius 3 is 1.07 bits per heavy atom. The molecule has 0 fully saturated rings. The lowest BCUT2D eigenvalue weighted by atomic mass is 10.0. The average molecular weight is 1240 g/mol. The number of anilines is 5. The van der Waals surface area contributed by atoms with Gasteiger partial charge in [-0.15, -0.1) is 0 Å². The van der Waals surface area contributed by atoms with Crippen LogP contribution in [0.5, 0.6) is 0 Å². The van der Waals surface area contributed by atoms with Crippen LogP contribution in [0.1, 0.15) is 72.7 Å². The molecule has 10 N–H and O–H groups in total. The number of nitrogens with zero attached hydrogens (tertiary/aromatic N) is 15. The Labute approximate surface area is 524 Å². The first kappa shape index (κ1) is 61.7. The van der Waals surface area contributed by atoms with Crippen molar-refractivity contribution in [2.75, 3.05) is 27.8 Å². The zero-order valence-corrected chi connectivity index (χ0v) is 49.9. The fourth-order valence-electron chi connectivity index (χ4n) is 8.98. The predicted molar refractivity (Wildman–Crippen MR) is 345 cm³/mol. The standard InChI is InChI=1S/2C21H16ClN7.C16H14ClN3.C5H3ClN4/c2*1-12(28-21-15(10-23)20(24)26-11-27-21)19-14(17-6-2-3-8-25-17)9-13-16(22)5-4-7-18(13)29-19;1-10(18)16-12(14-6-2-3-8-19-14)9-11-13(17)5-4-7-15(11)20-16;6-4-3(1-7)5(8)10-2-9-4/h2*2-9,11-12H,1H3,(H3,24,26,27,28);2-10H,18H2,1H3;2H,(H2,8,9,10)/t2*12-;;/m10../s1. The van der Waals surface area contributed by atoms with Crippen LogP contribution in [-0.4, -0.2) is 59.8 Å². The highest BCUT2D eigenvalue weighted by molar-refractivity contribution is 6.36. The molecule has 88 heavy (non-hydrogen) atoms. The molecule has 12 aromatic rings. The molecule has 0 spiro atoms. The Bertz CT molecular complexity index is 4410. The van der Waals surface area contributed by atoms with E-state index in [1.807, 2.05) is 160 Å². The van der Waals surface area contributed by atoms with Crippen LogP contribution >= 0.6 is 46.4 Å². The second-order valence-corrected chi connectivity index (χ2v) is 20.7. The Hall–Kier alpha value is -10.8. The van der Waals surface area contributed by atoms with Gasteiger partial charge in [-0.3, -0.25) is 19.9 Å². The van der Waals surface area contributed by atoms with Gasteiger partial charge in [-0.05, 0) is 112 Å². The molecular weight excluding hydrogens is 1190 g/mol. The van der Waals surface area contributed by atoms with E-state index in [9.17, 15) is 10.5 Å². The van der Waals surface area contributed by atoms with Gasteiger partial charge in [0.2, 0.25) is 0 Å². The fraction of sp³-hybridized carbons (Fsp3) is 0.0952. The Kier molecular flexibility index (Phi) is 19.9. The van der Waals surface area contributed by atoms with Crippen LogP contribution in [0.2, 0.25) is 20.2 Å². The maximum absolute atomic E-state index is 9.40. The highest BCUT2D eigenvalue weighted by atomic mass is 35.5. The summed E-state index contributed by atoms with van der Waals surface area (Å²) in [5, 5.41) is 38.3. The van der Waals surface area contributed by atoms with E-state index < -0.39 is 0 Å². The van der Waals surface area contributed by atoms with Crippen molar-refractivity contribution in [2.24, 2.45) is 5.73 Å². The van der Waals surface area contributed by atoms with Gasteiger partial charge in [0.1, 0.15) is 83.0 Å². The summed E-state index contributed by atoms with van der Waals surface area (Å²) in [5.41, 5.74) is 33.2. The summed E-state index contributed by atoms with van der Waals surface area (Å²) < 4.78 is 0. The van der Waals surface area contributed by atoms with Crippen LogP contribution in [0.4, 0.5) is 29.1 Å². The molecule has 21 nitrogen and oxygen atoms in total. The van der Waals surface area contributed by atoms with E-state index in [1.165, 1.54) is 19.0 Å². The van der Waals surface area contributed by atoms with E-state index in [2.05, 4.69) is 60.5 Å². The largest absolute Gasteiger partial charge is 0.382 e. The van der Waals surface area contributed by atoms with Crippen LogP contribution in [0, 0.1) is 34.0 Å². The van der Waals surface area contributed by atoms with E-state index in [1.54, 1.807) is 24.7 Å². The predicted octanol–water partition coefficient (Wildman–Crippen LogP) is 13.3. The second-order valence-electron chi connectivity index (χ2n) is 19.1. The van der Waals surface area contributed by atoms with E-state index in [4.69, 9.17) is 84.6 Å². The van der Waals surface area contributed by atoms with Gasteiger partial charge < -0.3 is 33.6 Å². The number of hydrogen-bond donors (Lipinski definition) is 6. The van der Waals surface area contributed by atoms with Crippen molar-refractivity contribution in [3.8, 4) is 52.0 Å². The summed E-state index contributed by atoms with van der Waals surface area (Å²) in [4.78, 5) is 50.9. The maximum atomic E-state index is 9.40. The first-order valence-corrected chi connectivity index (χ1v) is 28.1. The van der Waals surface area contributed by atoms with Crippen molar-refractivity contribution >= 4 is 108 Å². The number of rotatable bonds is 10. The van der Waals surface area contributed by atoms with Crippen LogP contribution in [-0.2, 0) is 0 Å². The number of hydrogen-bond acceptors (Lipinski definition) is 21. The SMILES string of the molecule is CC(N)c1nc2cccc(Cl)c2cc1-c1ccccn1.C[C@@H](Nc1ncnc(N)c1C#N)c1nc2cccc(Cl)c2cc1-c1ccccn1.C[C@H](Nc1ncnc(N)c1C#N)c1nc2cccc(Cl)c2cc1-c1ccccn1.N#Cc1c(N)ncnc1Cl. The number of nitrogens with one attached hydrogen (secondary N) is 2. The molecule has 0 saturated heterocycles. The number of fused-ring (bicyclic) bond motifs is 3. The average Bonchev–Trinajstić information content (AvgIpc) is 1.76. The zero-order valence-electron chi connectivity index (χ0n) is 46.8. The Balaban J connectivity index is 0.000000148. The normalized spacial score (nSPS) is 11.6. The molecule has 9 aromatic heterocycles. The highest BCUT2D eigenvalue weighted by Crippen LogP contribution is 2.37. The number of halogens is 4. The molecule has 3 aromatic carbocycles. The van der Waals surface area contributed by atoms with Gasteiger partial charge in [0.15, 0.2) is 5.15 Å². The molecule has 1 unspecified atom stereocenters. The summed E-state index contributed by atoms with van der Waals surface area (Å²) >= 11 is 24.5. The van der Waals surface area contributed by atoms with Crippen molar-refractivity contribution in [1.29, 1.82) is 15.8 Å². The highest BCUT2D eigenvalue weighted by Gasteiger charge is 2.22. The van der Waals surface area contributed by atoms with E-state index in [-0.39, 0.29) is 57.4 Å². The minimum absolute atomic E-state index is 0.0926. The minimum Gasteiger partial charge on any atom is -0.382 e. The summed E-state index contributed by atoms with van der Waals surface area (Å²) in [6, 6.07) is 45.1. The van der Waals surface area contributed by atoms with Gasteiger partial charge in [-0.1, -0.05) is 82.8 Å². The fourth-order valence-corrected chi connectivity index (χ4v) is 9.83. The van der Waals surface area contributed by atoms with Crippen LogP contribution in [0.25, 0.3) is 66.5 Å². The van der Waals surface area contributed by atoms with Gasteiger partial charge in [0.05, 0.1) is 62.8 Å². The van der Waals surface area contributed by atoms with Gasteiger partial charge in [0, 0.05) is 72.5 Å². The quantitative estimate of drug-likeness (QED) is 0.0693. The van der Waals surface area contributed by atoms with Crippen LogP contribution in [0.3, 0.4) is 0 Å². The number of aromatic nitrogens is 12. The first-order valence-electron chi connectivity index (χ1n) is 26.6. The molecule has 25 heteroatoms. The summed E-state index contributed by atoms with van der Waals surface area (Å²) in [6.45, 7) is 5.79. The number of pyridine rings is 6. The topological polar surface area (TPSA) is 354 Å². The third-order valence-corrected chi connectivity index (χ3v) is 14.5. The molecule has 0 aliphatic carbocycles. The van der Waals surface area contributed by atoms with Crippen molar-refractivity contribution in [2.45, 2.75) is 38.9 Å². The lowest BCUT2D eigenvalue weighted by Crippen LogP contribution is -2.14. The zero-order chi connectivity index (χ0) is 62.4. The molecule has 0 aliphatic heterocycles. The van der Waals surface area contributed by atoms with E-state index in [0.29, 0.717) is 26.7 Å². The third kappa shape index (κ3) is 14.1. The molecule has 434 valence electrons. The van der Waals surface area contributed by atoms with Crippen molar-refractivity contribution in [1.82, 2.24) is 59.8 Å². The molecule has 0 aliphatic rings.